The van der Waals surface area contributed by atoms with Crippen molar-refractivity contribution in [3.8, 4) is 0 Å². The van der Waals surface area contributed by atoms with Gasteiger partial charge in [-0.05, 0) is 52.0 Å². The van der Waals surface area contributed by atoms with Crippen molar-refractivity contribution in [1.82, 2.24) is 5.32 Å². The van der Waals surface area contributed by atoms with Gasteiger partial charge in [0, 0.05) is 6.54 Å². The highest BCUT2D eigenvalue weighted by molar-refractivity contribution is 7.92. The number of sulfone groups is 1. The van der Waals surface area contributed by atoms with Crippen LogP contribution in [-0.2, 0) is 9.84 Å². The second kappa shape index (κ2) is 5.05. The van der Waals surface area contributed by atoms with Gasteiger partial charge in [-0.15, -0.1) is 0 Å². The second-order valence-electron chi connectivity index (χ2n) is 5.95. The lowest BCUT2D eigenvalue weighted by molar-refractivity contribution is 0.467. The minimum Gasteiger partial charge on any atom is -0.315 e. The van der Waals surface area contributed by atoms with Crippen LogP contribution in [0.15, 0.2) is 0 Å². The maximum Gasteiger partial charge on any atom is 0.156 e. The molecule has 0 bridgehead atoms. The summed E-state index contributed by atoms with van der Waals surface area (Å²) in [4.78, 5) is 0. The molecule has 4 heteroatoms. The fraction of sp³-hybridized carbons (Fsp3) is 1.00. The SMILES string of the molecule is CC(CNCCS(=O)(=O)C(C)(C)C)C1CC1. The zero-order chi connectivity index (χ0) is 12.4. The smallest absolute Gasteiger partial charge is 0.156 e. The summed E-state index contributed by atoms with van der Waals surface area (Å²) in [6.07, 6.45) is 2.70. The lowest BCUT2D eigenvalue weighted by Crippen LogP contribution is -2.35. The van der Waals surface area contributed by atoms with Crippen molar-refractivity contribution in [2.24, 2.45) is 11.8 Å². The van der Waals surface area contributed by atoms with Crippen LogP contribution in [0.3, 0.4) is 0 Å². The number of hydrogen-bond acceptors (Lipinski definition) is 3. The number of rotatable bonds is 6. The maximum atomic E-state index is 11.8. The van der Waals surface area contributed by atoms with E-state index < -0.39 is 14.6 Å². The van der Waals surface area contributed by atoms with Gasteiger partial charge in [-0.2, -0.15) is 0 Å². The third kappa shape index (κ3) is 4.06. The van der Waals surface area contributed by atoms with Crippen molar-refractivity contribution in [1.29, 1.82) is 0 Å². The Morgan fingerprint density at radius 1 is 1.31 bits per heavy atom. The molecular weight excluding hydrogens is 222 g/mol. The van der Waals surface area contributed by atoms with E-state index in [0.29, 0.717) is 12.5 Å². The summed E-state index contributed by atoms with van der Waals surface area (Å²) in [7, 11) is -2.96. The molecule has 0 spiro atoms. The molecule has 1 rings (SSSR count). The summed E-state index contributed by atoms with van der Waals surface area (Å²) in [6, 6.07) is 0. The van der Waals surface area contributed by atoms with Gasteiger partial charge in [-0.1, -0.05) is 6.92 Å². The molecular formula is C12H25NO2S. The minimum absolute atomic E-state index is 0.244. The summed E-state index contributed by atoms with van der Waals surface area (Å²) >= 11 is 0. The molecule has 3 nitrogen and oxygen atoms in total. The lowest BCUT2D eigenvalue weighted by Gasteiger charge is -2.19. The first-order chi connectivity index (χ1) is 7.24. The molecule has 1 aliphatic carbocycles. The Morgan fingerprint density at radius 3 is 2.31 bits per heavy atom. The highest BCUT2D eigenvalue weighted by atomic mass is 32.2. The van der Waals surface area contributed by atoms with Crippen molar-refractivity contribution in [3.63, 3.8) is 0 Å². The minimum atomic E-state index is -2.96. The van der Waals surface area contributed by atoms with Gasteiger partial charge in [0.25, 0.3) is 0 Å². The Bertz CT molecular complexity index is 312. The molecule has 1 aliphatic rings. The first-order valence-electron chi connectivity index (χ1n) is 6.17. The fourth-order valence-corrected chi connectivity index (χ4v) is 2.70. The van der Waals surface area contributed by atoms with E-state index in [-0.39, 0.29) is 5.75 Å². The molecule has 0 aromatic carbocycles. The average Bonchev–Trinajstić information content (AvgIpc) is 2.93. The molecule has 0 aromatic rings. The molecule has 1 atom stereocenters. The summed E-state index contributed by atoms with van der Waals surface area (Å²) in [6.45, 7) is 9.05. The van der Waals surface area contributed by atoms with Crippen molar-refractivity contribution in [2.45, 2.75) is 45.3 Å². The normalized spacial score (nSPS) is 19.8. The molecule has 1 fully saturated rings. The molecule has 1 saturated carbocycles. The third-order valence-electron chi connectivity index (χ3n) is 3.37. The van der Waals surface area contributed by atoms with Crippen molar-refractivity contribution in [3.05, 3.63) is 0 Å². The standard InChI is InChI=1S/C12H25NO2S/c1-10(11-5-6-11)9-13-7-8-16(14,15)12(2,3)4/h10-11,13H,5-9H2,1-4H3. The monoisotopic (exact) mass is 247 g/mol. The zero-order valence-electron chi connectivity index (χ0n) is 10.9. The summed E-state index contributed by atoms with van der Waals surface area (Å²) in [5.74, 6) is 1.82. The number of hydrogen-bond donors (Lipinski definition) is 1. The first kappa shape index (κ1) is 14.0. The van der Waals surface area contributed by atoms with E-state index in [1.54, 1.807) is 20.8 Å². The van der Waals surface area contributed by atoms with Gasteiger partial charge in [0.2, 0.25) is 0 Å². The van der Waals surface area contributed by atoms with Crippen LogP contribution < -0.4 is 5.32 Å². The molecule has 0 aromatic heterocycles. The van der Waals surface area contributed by atoms with Crippen LogP contribution in [0, 0.1) is 11.8 Å². The van der Waals surface area contributed by atoms with Gasteiger partial charge < -0.3 is 5.32 Å². The molecule has 0 aliphatic heterocycles. The highest BCUT2D eigenvalue weighted by Crippen LogP contribution is 2.35. The Hall–Kier alpha value is -0.0900. The van der Waals surface area contributed by atoms with Gasteiger partial charge >= 0.3 is 0 Å². The molecule has 0 saturated heterocycles. The number of nitrogens with one attached hydrogen (secondary N) is 1. The summed E-state index contributed by atoms with van der Waals surface area (Å²) < 4.78 is 23.0. The van der Waals surface area contributed by atoms with Gasteiger partial charge in [0.15, 0.2) is 9.84 Å². The van der Waals surface area contributed by atoms with Gasteiger partial charge in [-0.25, -0.2) is 8.42 Å². The Labute approximate surface area is 99.9 Å². The van der Waals surface area contributed by atoms with Crippen LogP contribution in [-0.4, -0.2) is 32.0 Å². The van der Waals surface area contributed by atoms with Crippen LogP contribution in [0.4, 0.5) is 0 Å². The lowest BCUT2D eigenvalue weighted by atomic mass is 10.1. The van der Waals surface area contributed by atoms with Crippen LogP contribution in [0.5, 0.6) is 0 Å². The second-order valence-corrected chi connectivity index (χ2v) is 8.81. The van der Waals surface area contributed by atoms with E-state index in [1.165, 1.54) is 12.8 Å². The molecule has 16 heavy (non-hydrogen) atoms. The van der Waals surface area contributed by atoms with E-state index in [4.69, 9.17) is 0 Å². The van der Waals surface area contributed by atoms with Crippen LogP contribution >= 0.6 is 0 Å². The maximum absolute atomic E-state index is 11.8. The highest BCUT2D eigenvalue weighted by Gasteiger charge is 2.29. The molecule has 1 N–H and O–H groups in total. The van der Waals surface area contributed by atoms with E-state index in [9.17, 15) is 8.42 Å². The molecule has 96 valence electrons. The predicted octanol–water partition coefficient (Wildman–Crippen LogP) is 1.84. The molecule has 0 amide bonds. The average molecular weight is 247 g/mol. The van der Waals surface area contributed by atoms with E-state index in [0.717, 1.165) is 12.5 Å². The predicted molar refractivity (Wildman–Crippen MR) is 68.3 cm³/mol. The van der Waals surface area contributed by atoms with Gasteiger partial charge in [0.1, 0.15) is 0 Å². The Balaban J connectivity index is 2.20. The first-order valence-corrected chi connectivity index (χ1v) is 7.82. The zero-order valence-corrected chi connectivity index (χ0v) is 11.7. The molecule has 1 unspecified atom stereocenters. The molecule has 0 radical (unpaired) electrons. The third-order valence-corrected chi connectivity index (χ3v) is 5.98. The summed E-state index contributed by atoms with van der Waals surface area (Å²) in [5, 5.41) is 3.26. The quantitative estimate of drug-likeness (QED) is 0.728. The summed E-state index contributed by atoms with van der Waals surface area (Å²) in [5.41, 5.74) is 0. The van der Waals surface area contributed by atoms with Crippen molar-refractivity contribution in [2.75, 3.05) is 18.8 Å². The fourth-order valence-electron chi connectivity index (χ4n) is 1.67. The van der Waals surface area contributed by atoms with Crippen LogP contribution in [0.2, 0.25) is 0 Å². The van der Waals surface area contributed by atoms with Crippen molar-refractivity contribution < 1.29 is 8.42 Å². The topological polar surface area (TPSA) is 46.2 Å². The Morgan fingerprint density at radius 2 is 1.88 bits per heavy atom. The van der Waals surface area contributed by atoms with Gasteiger partial charge in [0.05, 0.1) is 10.5 Å². The Kier molecular flexibility index (Phi) is 4.41. The van der Waals surface area contributed by atoms with Crippen molar-refractivity contribution >= 4 is 9.84 Å². The van der Waals surface area contributed by atoms with E-state index in [2.05, 4.69) is 12.2 Å². The van der Waals surface area contributed by atoms with Crippen LogP contribution in [0.1, 0.15) is 40.5 Å². The molecule has 0 heterocycles. The van der Waals surface area contributed by atoms with E-state index >= 15 is 0 Å². The van der Waals surface area contributed by atoms with E-state index in [1.807, 2.05) is 0 Å². The largest absolute Gasteiger partial charge is 0.315 e. The van der Waals surface area contributed by atoms with Crippen LogP contribution in [0.25, 0.3) is 0 Å². The van der Waals surface area contributed by atoms with Gasteiger partial charge in [-0.3, -0.25) is 0 Å².